The van der Waals surface area contributed by atoms with Crippen LogP contribution in [0.2, 0.25) is 0 Å². The molecule has 1 aromatic heterocycles. The average Bonchev–Trinajstić information content (AvgIpc) is 3.04. The van der Waals surface area contributed by atoms with Crippen LogP contribution in [0.25, 0.3) is 10.8 Å². The third-order valence-electron chi connectivity index (χ3n) is 4.24. The monoisotopic (exact) mass is 285 g/mol. The fourth-order valence-electron chi connectivity index (χ4n) is 3.05. The summed E-state index contributed by atoms with van der Waals surface area (Å²) in [5, 5.41) is 5.94. The smallest absolute Gasteiger partial charge is 0.136 e. The molecule has 1 atom stereocenters. The number of likely N-dealkylation sites (N-methyl/N-ethyl adjacent to an activating group) is 1. The van der Waals surface area contributed by atoms with Crippen molar-refractivity contribution in [1.29, 1.82) is 0 Å². The summed E-state index contributed by atoms with van der Waals surface area (Å²) in [5.74, 6) is 1.94. The van der Waals surface area contributed by atoms with Crippen molar-refractivity contribution >= 4 is 16.6 Å². The zero-order chi connectivity index (χ0) is 14.7. The molecule has 2 heterocycles. The van der Waals surface area contributed by atoms with E-state index in [1.54, 1.807) is 7.11 Å². The Kier molecular flexibility index (Phi) is 4.25. The molecule has 112 valence electrons. The minimum atomic E-state index is 0.576. The zero-order valence-corrected chi connectivity index (χ0v) is 12.8. The fraction of sp³-hybridized carbons (Fsp3) is 0.471. The molecule has 4 heteroatoms. The van der Waals surface area contributed by atoms with Crippen LogP contribution in [0.5, 0.6) is 5.75 Å². The van der Waals surface area contributed by atoms with Gasteiger partial charge in [-0.25, -0.2) is 4.98 Å². The van der Waals surface area contributed by atoms with Gasteiger partial charge in [-0.3, -0.25) is 0 Å². The van der Waals surface area contributed by atoms with Crippen molar-refractivity contribution in [3.8, 4) is 5.75 Å². The Hall–Kier alpha value is -1.81. The number of nitrogens with one attached hydrogen (secondary N) is 1. The predicted octanol–water partition coefficient (Wildman–Crippen LogP) is 2.82. The molecule has 2 aromatic rings. The second-order valence-corrected chi connectivity index (χ2v) is 5.55. The van der Waals surface area contributed by atoms with Gasteiger partial charge in [-0.1, -0.05) is 6.07 Å². The predicted molar refractivity (Wildman–Crippen MR) is 87.2 cm³/mol. The third kappa shape index (κ3) is 2.95. The lowest BCUT2D eigenvalue weighted by molar-refractivity contribution is 0.415. The highest BCUT2D eigenvalue weighted by Crippen LogP contribution is 2.28. The van der Waals surface area contributed by atoms with Crippen molar-refractivity contribution < 1.29 is 4.74 Å². The molecule has 0 spiro atoms. The number of fused-ring (bicyclic) bond motifs is 1. The SMILES string of the molecule is CCN(CC1CCCN1)c1nccc2ccc(OC)cc12. The molecule has 3 rings (SSSR count). The number of nitrogens with zero attached hydrogens (tertiary/aromatic N) is 2. The van der Waals surface area contributed by atoms with E-state index in [4.69, 9.17) is 4.74 Å². The molecular formula is C17H23N3O. The minimum absolute atomic E-state index is 0.576. The molecule has 1 unspecified atom stereocenters. The van der Waals surface area contributed by atoms with Gasteiger partial charge in [0.15, 0.2) is 0 Å². The Morgan fingerprint density at radius 2 is 2.29 bits per heavy atom. The van der Waals surface area contributed by atoms with Crippen LogP contribution < -0.4 is 15.0 Å². The van der Waals surface area contributed by atoms with Gasteiger partial charge in [-0.05, 0) is 49.9 Å². The lowest BCUT2D eigenvalue weighted by Gasteiger charge is -2.26. The van der Waals surface area contributed by atoms with Gasteiger partial charge in [0.2, 0.25) is 0 Å². The molecule has 1 aliphatic heterocycles. The molecular weight excluding hydrogens is 262 g/mol. The summed E-state index contributed by atoms with van der Waals surface area (Å²) in [7, 11) is 1.71. The van der Waals surface area contributed by atoms with Crippen molar-refractivity contribution in [3.63, 3.8) is 0 Å². The first kappa shape index (κ1) is 14.1. The average molecular weight is 285 g/mol. The Labute approximate surface area is 126 Å². The van der Waals surface area contributed by atoms with Gasteiger partial charge in [-0.2, -0.15) is 0 Å². The topological polar surface area (TPSA) is 37.4 Å². The van der Waals surface area contributed by atoms with Crippen LogP contribution in [0.15, 0.2) is 30.5 Å². The van der Waals surface area contributed by atoms with Crippen LogP contribution in [0.4, 0.5) is 5.82 Å². The summed E-state index contributed by atoms with van der Waals surface area (Å²) in [4.78, 5) is 7.00. The summed E-state index contributed by atoms with van der Waals surface area (Å²) in [6.07, 6.45) is 4.43. The first-order chi connectivity index (χ1) is 10.3. The number of aromatic nitrogens is 1. The van der Waals surface area contributed by atoms with E-state index in [-0.39, 0.29) is 0 Å². The molecule has 1 aliphatic rings. The van der Waals surface area contributed by atoms with Crippen molar-refractivity contribution in [1.82, 2.24) is 10.3 Å². The highest BCUT2D eigenvalue weighted by molar-refractivity contribution is 5.93. The lowest BCUT2D eigenvalue weighted by atomic mass is 10.1. The molecule has 1 N–H and O–H groups in total. The van der Waals surface area contributed by atoms with Crippen LogP contribution in [-0.4, -0.2) is 37.8 Å². The lowest BCUT2D eigenvalue weighted by Crippen LogP contribution is -2.38. The molecule has 0 aliphatic carbocycles. The largest absolute Gasteiger partial charge is 0.497 e. The molecule has 1 fully saturated rings. The number of rotatable bonds is 5. The van der Waals surface area contributed by atoms with Gasteiger partial charge in [-0.15, -0.1) is 0 Å². The zero-order valence-electron chi connectivity index (χ0n) is 12.8. The van der Waals surface area contributed by atoms with Gasteiger partial charge in [0, 0.05) is 30.7 Å². The van der Waals surface area contributed by atoms with Gasteiger partial charge < -0.3 is 15.0 Å². The molecule has 1 saturated heterocycles. The normalized spacial score (nSPS) is 18.1. The molecule has 21 heavy (non-hydrogen) atoms. The summed E-state index contributed by atoms with van der Waals surface area (Å²) in [6, 6.07) is 8.82. The number of ether oxygens (including phenoxy) is 1. The van der Waals surface area contributed by atoms with E-state index < -0.39 is 0 Å². The third-order valence-corrected chi connectivity index (χ3v) is 4.24. The maximum Gasteiger partial charge on any atom is 0.136 e. The molecule has 0 bridgehead atoms. The maximum absolute atomic E-state index is 5.37. The summed E-state index contributed by atoms with van der Waals surface area (Å²) >= 11 is 0. The minimum Gasteiger partial charge on any atom is -0.497 e. The molecule has 4 nitrogen and oxygen atoms in total. The van der Waals surface area contributed by atoms with E-state index in [0.717, 1.165) is 36.6 Å². The summed E-state index contributed by atoms with van der Waals surface area (Å²) in [6.45, 7) is 5.30. The van der Waals surface area contributed by atoms with Gasteiger partial charge >= 0.3 is 0 Å². The van der Waals surface area contributed by atoms with Gasteiger partial charge in [0.1, 0.15) is 11.6 Å². The molecule has 0 saturated carbocycles. The van der Waals surface area contributed by atoms with Crippen LogP contribution in [-0.2, 0) is 0 Å². The second kappa shape index (κ2) is 6.31. The summed E-state index contributed by atoms with van der Waals surface area (Å²) < 4.78 is 5.37. The first-order valence-corrected chi connectivity index (χ1v) is 7.73. The van der Waals surface area contributed by atoms with E-state index in [0.29, 0.717) is 6.04 Å². The van der Waals surface area contributed by atoms with Crippen molar-refractivity contribution in [2.75, 3.05) is 31.6 Å². The van der Waals surface area contributed by atoms with E-state index >= 15 is 0 Å². The number of anilines is 1. The standard InChI is InChI=1S/C17H23N3O/c1-3-20(12-14-5-4-9-18-14)17-16-11-15(21-2)7-6-13(16)8-10-19-17/h6-8,10-11,14,18H,3-5,9,12H2,1-2H3. The van der Waals surface area contributed by atoms with E-state index in [2.05, 4.69) is 40.3 Å². The Bertz CT molecular complexity index is 608. The van der Waals surface area contributed by atoms with Crippen LogP contribution >= 0.6 is 0 Å². The number of hydrogen-bond donors (Lipinski definition) is 1. The maximum atomic E-state index is 5.37. The number of methoxy groups -OCH3 is 1. The number of pyridine rings is 1. The van der Waals surface area contributed by atoms with Crippen molar-refractivity contribution in [2.24, 2.45) is 0 Å². The van der Waals surface area contributed by atoms with Gasteiger partial charge in [0.05, 0.1) is 7.11 Å². The van der Waals surface area contributed by atoms with E-state index in [9.17, 15) is 0 Å². The van der Waals surface area contributed by atoms with E-state index in [1.165, 1.54) is 18.2 Å². The Balaban J connectivity index is 1.96. The summed E-state index contributed by atoms with van der Waals surface area (Å²) in [5.41, 5.74) is 0. The number of benzene rings is 1. The highest BCUT2D eigenvalue weighted by Gasteiger charge is 2.19. The number of hydrogen-bond acceptors (Lipinski definition) is 4. The van der Waals surface area contributed by atoms with Crippen LogP contribution in [0.1, 0.15) is 19.8 Å². The van der Waals surface area contributed by atoms with Crippen LogP contribution in [0, 0.1) is 0 Å². The van der Waals surface area contributed by atoms with Crippen LogP contribution in [0.3, 0.4) is 0 Å². The van der Waals surface area contributed by atoms with E-state index in [1.807, 2.05) is 12.3 Å². The quantitative estimate of drug-likeness (QED) is 0.916. The van der Waals surface area contributed by atoms with Crippen molar-refractivity contribution in [2.45, 2.75) is 25.8 Å². The molecule has 0 radical (unpaired) electrons. The molecule has 1 aromatic carbocycles. The second-order valence-electron chi connectivity index (χ2n) is 5.55. The van der Waals surface area contributed by atoms with Gasteiger partial charge in [0.25, 0.3) is 0 Å². The Morgan fingerprint density at radius 3 is 3.00 bits per heavy atom. The highest BCUT2D eigenvalue weighted by atomic mass is 16.5. The fourth-order valence-corrected chi connectivity index (χ4v) is 3.05. The Morgan fingerprint density at radius 1 is 1.38 bits per heavy atom. The van der Waals surface area contributed by atoms with Crippen molar-refractivity contribution in [3.05, 3.63) is 30.5 Å². The molecule has 0 amide bonds. The first-order valence-electron chi connectivity index (χ1n) is 7.73.